The Kier molecular flexibility index (Phi) is 3.25. The fourth-order valence-electron chi connectivity index (χ4n) is 3.86. The topological polar surface area (TPSA) is 12.0 Å². The number of fused-ring (bicyclic) bond motifs is 3. The molecule has 2 aliphatic rings. The number of aryl methyl sites for hydroxylation is 1. The van der Waals surface area contributed by atoms with Crippen LogP contribution in [0, 0.1) is 11.7 Å². The number of halogens is 1. The number of hydrogen-bond donors (Lipinski definition) is 1. The molecule has 3 atom stereocenters. The number of rotatable bonds is 2. The molecule has 0 unspecified atom stereocenters. The van der Waals surface area contributed by atoms with Crippen LogP contribution in [-0.2, 0) is 6.42 Å². The monoisotopic (exact) mass is 293 g/mol. The van der Waals surface area contributed by atoms with Crippen LogP contribution in [0.4, 0.5) is 10.1 Å². The van der Waals surface area contributed by atoms with Crippen molar-refractivity contribution in [2.75, 3.05) is 5.32 Å². The molecule has 0 aromatic heterocycles. The third-order valence-electron chi connectivity index (χ3n) is 5.07. The lowest BCUT2D eigenvalue weighted by Crippen LogP contribution is -2.29. The van der Waals surface area contributed by atoms with Crippen LogP contribution in [0.15, 0.2) is 54.6 Å². The van der Waals surface area contributed by atoms with E-state index in [-0.39, 0.29) is 5.82 Å². The molecular formula is C20H20FN. The van der Waals surface area contributed by atoms with Gasteiger partial charge in [0, 0.05) is 11.6 Å². The minimum absolute atomic E-state index is 0.148. The zero-order valence-corrected chi connectivity index (χ0v) is 12.7. The number of allylic oxidation sites excluding steroid dienone is 2. The quantitative estimate of drug-likeness (QED) is 0.749. The summed E-state index contributed by atoms with van der Waals surface area (Å²) in [6.45, 7) is 2.18. The number of nitrogens with one attached hydrogen (secondary N) is 1. The van der Waals surface area contributed by atoms with Crippen molar-refractivity contribution in [3.63, 3.8) is 0 Å². The van der Waals surface area contributed by atoms with E-state index in [0.29, 0.717) is 17.9 Å². The van der Waals surface area contributed by atoms with Crippen LogP contribution in [0.2, 0.25) is 0 Å². The van der Waals surface area contributed by atoms with E-state index in [9.17, 15) is 4.39 Å². The molecule has 1 aliphatic carbocycles. The Hall–Kier alpha value is -2.09. The van der Waals surface area contributed by atoms with Gasteiger partial charge >= 0.3 is 0 Å². The average Bonchev–Trinajstić information content (AvgIpc) is 3.04. The maximum absolute atomic E-state index is 13.6. The van der Waals surface area contributed by atoms with Gasteiger partial charge in [-0.05, 0) is 53.6 Å². The van der Waals surface area contributed by atoms with Crippen molar-refractivity contribution in [3.05, 3.63) is 77.1 Å². The SMILES string of the molecule is CCc1ccc([C@@H]2Nc3ccc(F)cc3[C@@H]3C=CC[C@@H]32)cc1. The minimum atomic E-state index is -0.148. The minimum Gasteiger partial charge on any atom is -0.378 e. The fourth-order valence-corrected chi connectivity index (χ4v) is 3.86. The molecular weight excluding hydrogens is 273 g/mol. The summed E-state index contributed by atoms with van der Waals surface area (Å²) in [5.74, 6) is 0.648. The van der Waals surface area contributed by atoms with E-state index in [2.05, 4.69) is 48.7 Å². The van der Waals surface area contributed by atoms with Crippen LogP contribution in [-0.4, -0.2) is 0 Å². The van der Waals surface area contributed by atoms with Crippen molar-refractivity contribution in [1.82, 2.24) is 0 Å². The van der Waals surface area contributed by atoms with Crippen molar-refractivity contribution < 1.29 is 4.39 Å². The van der Waals surface area contributed by atoms with Crippen LogP contribution in [0.1, 0.15) is 42.0 Å². The molecule has 0 radical (unpaired) electrons. The summed E-state index contributed by atoms with van der Waals surface area (Å²) in [5, 5.41) is 3.64. The first-order chi connectivity index (χ1) is 10.8. The van der Waals surface area contributed by atoms with Crippen LogP contribution < -0.4 is 5.32 Å². The molecule has 1 N–H and O–H groups in total. The van der Waals surface area contributed by atoms with Gasteiger partial charge in [-0.25, -0.2) is 4.39 Å². The molecule has 112 valence electrons. The Morgan fingerprint density at radius 3 is 2.73 bits per heavy atom. The molecule has 1 aliphatic heterocycles. The Labute approximate surface area is 130 Å². The molecule has 0 saturated heterocycles. The summed E-state index contributed by atoms with van der Waals surface area (Å²) < 4.78 is 13.6. The summed E-state index contributed by atoms with van der Waals surface area (Å²) in [7, 11) is 0. The second-order valence-electron chi connectivity index (χ2n) is 6.30. The highest BCUT2D eigenvalue weighted by molar-refractivity contribution is 5.59. The smallest absolute Gasteiger partial charge is 0.123 e. The zero-order valence-electron chi connectivity index (χ0n) is 12.7. The van der Waals surface area contributed by atoms with Crippen LogP contribution in [0.25, 0.3) is 0 Å². The highest BCUT2D eigenvalue weighted by atomic mass is 19.1. The van der Waals surface area contributed by atoms with E-state index in [0.717, 1.165) is 24.1 Å². The predicted molar refractivity (Wildman–Crippen MR) is 88.6 cm³/mol. The Morgan fingerprint density at radius 1 is 1.14 bits per heavy atom. The first-order valence-electron chi connectivity index (χ1n) is 8.07. The molecule has 0 fully saturated rings. The lowest BCUT2D eigenvalue weighted by molar-refractivity contribution is 0.424. The number of anilines is 1. The third kappa shape index (κ3) is 2.14. The van der Waals surface area contributed by atoms with Crippen LogP contribution in [0.5, 0.6) is 0 Å². The van der Waals surface area contributed by atoms with Crippen LogP contribution >= 0.6 is 0 Å². The van der Waals surface area contributed by atoms with Crippen molar-refractivity contribution in [2.45, 2.75) is 31.7 Å². The molecule has 1 heterocycles. The van der Waals surface area contributed by atoms with Gasteiger partial charge < -0.3 is 5.32 Å². The van der Waals surface area contributed by atoms with Gasteiger partial charge in [-0.3, -0.25) is 0 Å². The van der Waals surface area contributed by atoms with E-state index < -0.39 is 0 Å². The average molecular weight is 293 g/mol. The van der Waals surface area contributed by atoms with Gasteiger partial charge in [-0.2, -0.15) is 0 Å². The lowest BCUT2D eigenvalue weighted by Gasteiger charge is -2.37. The Balaban J connectivity index is 1.74. The summed E-state index contributed by atoms with van der Waals surface area (Å²) in [6, 6.07) is 14.3. The standard InChI is InChI=1S/C20H20FN/c1-2-13-6-8-14(9-7-13)20-17-5-3-4-16(17)18-12-15(21)10-11-19(18)22-20/h3-4,6-12,16-17,20,22H,2,5H2,1H3/t16-,17+,20+/m1/s1. The summed E-state index contributed by atoms with van der Waals surface area (Å²) >= 11 is 0. The Bertz CT molecular complexity index is 717. The molecule has 0 amide bonds. The van der Waals surface area contributed by atoms with E-state index >= 15 is 0 Å². The molecule has 22 heavy (non-hydrogen) atoms. The zero-order chi connectivity index (χ0) is 15.1. The summed E-state index contributed by atoms with van der Waals surface area (Å²) in [4.78, 5) is 0. The summed E-state index contributed by atoms with van der Waals surface area (Å²) in [6.07, 6.45) is 6.60. The molecule has 2 aromatic carbocycles. The molecule has 0 bridgehead atoms. The van der Waals surface area contributed by atoms with E-state index in [1.165, 1.54) is 11.1 Å². The molecule has 0 saturated carbocycles. The van der Waals surface area contributed by atoms with Gasteiger partial charge in [0.05, 0.1) is 6.04 Å². The second-order valence-corrected chi connectivity index (χ2v) is 6.30. The van der Waals surface area contributed by atoms with Crippen molar-refractivity contribution in [3.8, 4) is 0 Å². The van der Waals surface area contributed by atoms with Gasteiger partial charge in [-0.1, -0.05) is 43.3 Å². The predicted octanol–water partition coefficient (Wildman–Crippen LogP) is 5.21. The fraction of sp³-hybridized carbons (Fsp3) is 0.300. The van der Waals surface area contributed by atoms with Crippen molar-refractivity contribution in [1.29, 1.82) is 0 Å². The van der Waals surface area contributed by atoms with Crippen LogP contribution in [0.3, 0.4) is 0 Å². The van der Waals surface area contributed by atoms with Gasteiger partial charge in [0.15, 0.2) is 0 Å². The maximum Gasteiger partial charge on any atom is 0.123 e. The van der Waals surface area contributed by atoms with E-state index in [1.54, 1.807) is 12.1 Å². The van der Waals surface area contributed by atoms with Gasteiger partial charge in [0.1, 0.15) is 5.82 Å². The molecule has 4 rings (SSSR count). The van der Waals surface area contributed by atoms with Gasteiger partial charge in [0.25, 0.3) is 0 Å². The molecule has 2 heteroatoms. The first-order valence-corrected chi connectivity index (χ1v) is 8.07. The normalized spacial score (nSPS) is 25.5. The Morgan fingerprint density at radius 2 is 1.95 bits per heavy atom. The number of hydrogen-bond acceptors (Lipinski definition) is 1. The number of benzene rings is 2. The highest BCUT2D eigenvalue weighted by Gasteiger charge is 2.37. The van der Waals surface area contributed by atoms with Crippen molar-refractivity contribution >= 4 is 5.69 Å². The summed E-state index contributed by atoms with van der Waals surface area (Å²) in [5.41, 5.74) is 4.85. The van der Waals surface area contributed by atoms with E-state index in [4.69, 9.17) is 0 Å². The van der Waals surface area contributed by atoms with E-state index in [1.807, 2.05) is 6.07 Å². The van der Waals surface area contributed by atoms with Crippen molar-refractivity contribution in [2.24, 2.45) is 5.92 Å². The largest absolute Gasteiger partial charge is 0.378 e. The molecule has 1 nitrogen and oxygen atoms in total. The van der Waals surface area contributed by atoms with Gasteiger partial charge in [-0.15, -0.1) is 0 Å². The lowest BCUT2D eigenvalue weighted by atomic mass is 9.77. The first kappa shape index (κ1) is 13.6. The third-order valence-corrected chi connectivity index (χ3v) is 5.07. The van der Waals surface area contributed by atoms with Gasteiger partial charge in [0.2, 0.25) is 0 Å². The molecule has 2 aromatic rings. The second kappa shape index (κ2) is 5.28. The highest BCUT2D eigenvalue weighted by Crippen LogP contribution is 2.49. The molecule has 0 spiro atoms. The maximum atomic E-state index is 13.6.